The summed E-state index contributed by atoms with van der Waals surface area (Å²) in [5, 5.41) is 11.8. The molecule has 182 valence electrons. The Labute approximate surface area is 199 Å². The van der Waals surface area contributed by atoms with E-state index in [9.17, 15) is 9.18 Å². The molecule has 3 fully saturated rings. The SMILES string of the molecule is O=C(Nc1ccc(F)cc1)N1CCN(c2ccc(N3CCN(CC4CCCO4)CC3)nn2)CC1. The van der Waals surface area contributed by atoms with E-state index < -0.39 is 0 Å². The van der Waals surface area contributed by atoms with E-state index in [1.807, 2.05) is 12.1 Å². The van der Waals surface area contributed by atoms with Crippen LogP contribution in [0.5, 0.6) is 0 Å². The van der Waals surface area contributed by atoms with Gasteiger partial charge in [0.05, 0.1) is 6.10 Å². The van der Waals surface area contributed by atoms with E-state index in [-0.39, 0.29) is 11.8 Å². The summed E-state index contributed by atoms with van der Waals surface area (Å²) < 4.78 is 18.8. The summed E-state index contributed by atoms with van der Waals surface area (Å²) in [4.78, 5) is 21.2. The molecule has 1 unspecified atom stereocenters. The second kappa shape index (κ2) is 10.5. The highest BCUT2D eigenvalue weighted by Crippen LogP contribution is 2.20. The van der Waals surface area contributed by atoms with Gasteiger partial charge in [-0.15, -0.1) is 10.2 Å². The Morgan fingerprint density at radius 3 is 2.09 bits per heavy atom. The lowest BCUT2D eigenvalue weighted by atomic mass is 10.2. The number of aromatic nitrogens is 2. The molecule has 1 aromatic heterocycles. The number of rotatable bonds is 5. The van der Waals surface area contributed by atoms with Crippen LogP contribution in [-0.2, 0) is 4.74 Å². The molecular weight excluding hydrogens is 437 g/mol. The summed E-state index contributed by atoms with van der Waals surface area (Å²) in [6, 6.07) is 9.68. The topological polar surface area (TPSA) is 77.1 Å². The van der Waals surface area contributed by atoms with Gasteiger partial charge in [0.25, 0.3) is 0 Å². The first-order valence-electron chi connectivity index (χ1n) is 12.1. The molecule has 34 heavy (non-hydrogen) atoms. The molecule has 2 aromatic rings. The van der Waals surface area contributed by atoms with Crippen LogP contribution in [0.2, 0.25) is 0 Å². The van der Waals surface area contributed by atoms with E-state index >= 15 is 0 Å². The van der Waals surface area contributed by atoms with Gasteiger partial charge in [-0.3, -0.25) is 4.90 Å². The van der Waals surface area contributed by atoms with E-state index in [0.29, 0.717) is 38.0 Å². The number of nitrogens with one attached hydrogen (secondary N) is 1. The van der Waals surface area contributed by atoms with Crippen molar-refractivity contribution in [2.45, 2.75) is 18.9 Å². The molecule has 1 aromatic carbocycles. The highest BCUT2D eigenvalue weighted by atomic mass is 19.1. The number of urea groups is 1. The Morgan fingerprint density at radius 1 is 0.912 bits per heavy atom. The van der Waals surface area contributed by atoms with Crippen molar-refractivity contribution in [2.24, 2.45) is 0 Å². The number of benzene rings is 1. The van der Waals surface area contributed by atoms with Crippen molar-refractivity contribution < 1.29 is 13.9 Å². The zero-order chi connectivity index (χ0) is 23.3. The van der Waals surface area contributed by atoms with Gasteiger partial charge in [0.1, 0.15) is 5.82 Å². The van der Waals surface area contributed by atoms with E-state index in [2.05, 4.69) is 30.2 Å². The highest BCUT2D eigenvalue weighted by molar-refractivity contribution is 5.89. The molecule has 0 spiro atoms. The molecule has 2 amide bonds. The van der Waals surface area contributed by atoms with Crippen LogP contribution in [0.4, 0.5) is 26.5 Å². The Balaban J connectivity index is 1.07. The molecule has 0 bridgehead atoms. The quantitative estimate of drug-likeness (QED) is 0.720. The van der Waals surface area contributed by atoms with Crippen LogP contribution in [0.3, 0.4) is 0 Å². The lowest BCUT2D eigenvalue weighted by Gasteiger charge is -2.37. The van der Waals surface area contributed by atoms with E-state index in [1.54, 1.807) is 17.0 Å². The molecule has 1 N–H and O–H groups in total. The standard InChI is InChI=1S/C24H32FN7O2/c25-19-3-5-20(6-4-19)26-24(33)32-15-13-31(14-16-32)23-8-7-22(27-28-23)30-11-9-29(10-12-30)18-21-2-1-17-34-21/h3-8,21H,1-2,9-18H2,(H,26,33). The summed E-state index contributed by atoms with van der Waals surface area (Å²) in [7, 11) is 0. The van der Waals surface area contributed by atoms with Gasteiger partial charge in [-0.1, -0.05) is 0 Å². The van der Waals surface area contributed by atoms with Crippen molar-refractivity contribution in [3.05, 3.63) is 42.2 Å². The fourth-order valence-electron chi connectivity index (χ4n) is 4.77. The number of carbonyl (C=O) groups excluding carboxylic acids is 1. The van der Waals surface area contributed by atoms with Crippen molar-refractivity contribution in [3.63, 3.8) is 0 Å². The Kier molecular flexibility index (Phi) is 7.05. The molecule has 3 aliphatic rings. The molecule has 3 aliphatic heterocycles. The second-order valence-corrected chi connectivity index (χ2v) is 9.08. The largest absolute Gasteiger partial charge is 0.377 e. The number of nitrogens with zero attached hydrogens (tertiary/aromatic N) is 6. The first kappa shape index (κ1) is 22.8. The number of hydrogen-bond acceptors (Lipinski definition) is 7. The average Bonchev–Trinajstić information content (AvgIpc) is 3.39. The maximum absolute atomic E-state index is 13.0. The molecule has 0 saturated carbocycles. The van der Waals surface area contributed by atoms with Crippen LogP contribution < -0.4 is 15.1 Å². The van der Waals surface area contributed by atoms with Gasteiger partial charge < -0.3 is 24.8 Å². The van der Waals surface area contributed by atoms with Gasteiger partial charge in [0.2, 0.25) is 0 Å². The molecule has 3 saturated heterocycles. The molecule has 1 atom stereocenters. The summed E-state index contributed by atoms with van der Waals surface area (Å²) in [6.07, 6.45) is 2.77. The van der Waals surface area contributed by atoms with Crippen LogP contribution in [0.1, 0.15) is 12.8 Å². The number of ether oxygens (including phenoxy) is 1. The Bertz CT molecular complexity index is 937. The van der Waals surface area contributed by atoms with E-state index in [4.69, 9.17) is 4.74 Å². The number of amides is 2. The maximum atomic E-state index is 13.0. The third-order valence-electron chi connectivity index (χ3n) is 6.80. The van der Waals surface area contributed by atoms with E-state index in [1.165, 1.54) is 25.0 Å². The highest BCUT2D eigenvalue weighted by Gasteiger charge is 2.25. The van der Waals surface area contributed by atoms with Crippen LogP contribution in [0.15, 0.2) is 36.4 Å². The molecule has 10 heteroatoms. The van der Waals surface area contributed by atoms with Crippen LogP contribution in [0, 0.1) is 5.82 Å². The minimum atomic E-state index is -0.324. The zero-order valence-electron chi connectivity index (χ0n) is 19.4. The van der Waals surface area contributed by atoms with Crippen molar-refractivity contribution in [1.29, 1.82) is 0 Å². The monoisotopic (exact) mass is 469 g/mol. The number of anilines is 3. The molecule has 0 radical (unpaired) electrons. The predicted octanol–water partition coefficient (Wildman–Crippen LogP) is 2.27. The molecule has 5 rings (SSSR count). The molecule has 9 nitrogen and oxygen atoms in total. The first-order chi connectivity index (χ1) is 16.6. The summed E-state index contributed by atoms with van der Waals surface area (Å²) in [5.41, 5.74) is 0.586. The second-order valence-electron chi connectivity index (χ2n) is 9.08. The van der Waals surface area contributed by atoms with Crippen LogP contribution >= 0.6 is 0 Å². The van der Waals surface area contributed by atoms with Gasteiger partial charge in [-0.25, -0.2) is 9.18 Å². The van der Waals surface area contributed by atoms with Crippen molar-refractivity contribution >= 4 is 23.4 Å². The minimum Gasteiger partial charge on any atom is -0.377 e. The van der Waals surface area contributed by atoms with E-state index in [0.717, 1.165) is 51.0 Å². The number of halogens is 1. The summed E-state index contributed by atoms with van der Waals surface area (Å²) in [5.74, 6) is 1.42. The first-order valence-corrected chi connectivity index (χ1v) is 12.1. The lowest BCUT2D eigenvalue weighted by Crippen LogP contribution is -2.50. The summed E-state index contributed by atoms with van der Waals surface area (Å²) in [6.45, 7) is 8.42. The number of hydrogen-bond donors (Lipinski definition) is 1. The smallest absolute Gasteiger partial charge is 0.321 e. The average molecular weight is 470 g/mol. The van der Waals surface area contributed by atoms with Crippen molar-refractivity contribution in [2.75, 3.05) is 80.6 Å². The normalized spacial score (nSPS) is 21.7. The maximum Gasteiger partial charge on any atom is 0.321 e. The fraction of sp³-hybridized carbons (Fsp3) is 0.542. The van der Waals surface area contributed by atoms with Gasteiger partial charge in [-0.2, -0.15) is 0 Å². The number of piperazine rings is 2. The van der Waals surface area contributed by atoms with Gasteiger partial charge in [0, 0.05) is 71.2 Å². The Morgan fingerprint density at radius 2 is 1.53 bits per heavy atom. The zero-order valence-corrected chi connectivity index (χ0v) is 19.4. The van der Waals surface area contributed by atoms with Crippen molar-refractivity contribution in [3.8, 4) is 0 Å². The Hall–Kier alpha value is -2.98. The third kappa shape index (κ3) is 5.56. The van der Waals surface area contributed by atoms with Crippen molar-refractivity contribution in [1.82, 2.24) is 20.0 Å². The molecule has 0 aliphatic carbocycles. The van der Waals surface area contributed by atoms with Gasteiger partial charge >= 0.3 is 6.03 Å². The molecular formula is C24H32FN7O2. The lowest BCUT2D eigenvalue weighted by molar-refractivity contribution is 0.0712. The van der Waals surface area contributed by atoms with Gasteiger partial charge in [0.15, 0.2) is 11.6 Å². The molecule has 4 heterocycles. The third-order valence-corrected chi connectivity index (χ3v) is 6.80. The summed E-state index contributed by atoms with van der Waals surface area (Å²) >= 11 is 0. The van der Waals surface area contributed by atoms with Crippen LogP contribution in [0.25, 0.3) is 0 Å². The predicted molar refractivity (Wildman–Crippen MR) is 129 cm³/mol. The minimum absolute atomic E-state index is 0.175. The van der Waals surface area contributed by atoms with Crippen LogP contribution in [-0.4, -0.2) is 97.6 Å². The fourth-order valence-corrected chi connectivity index (χ4v) is 4.77. The van der Waals surface area contributed by atoms with Gasteiger partial charge in [-0.05, 0) is 49.2 Å². The number of carbonyl (C=O) groups is 1.